The van der Waals surface area contributed by atoms with E-state index in [1.54, 1.807) is 0 Å². The Morgan fingerprint density at radius 1 is 1.00 bits per heavy atom. The average molecular weight is 478 g/mol. The lowest BCUT2D eigenvalue weighted by Gasteiger charge is -2.24. The van der Waals surface area contributed by atoms with Gasteiger partial charge in [-0.3, -0.25) is 14.5 Å². The molecule has 0 saturated carbocycles. The fraction of sp³-hybridized carbons (Fsp3) is 0.192. The number of anilines is 2. The van der Waals surface area contributed by atoms with E-state index in [1.165, 1.54) is 4.90 Å². The fourth-order valence-electron chi connectivity index (χ4n) is 3.83. The first-order valence-corrected chi connectivity index (χ1v) is 11.5. The highest BCUT2D eigenvalue weighted by molar-refractivity contribution is 7.80. The van der Waals surface area contributed by atoms with Gasteiger partial charge < -0.3 is 10.2 Å². The van der Waals surface area contributed by atoms with E-state index in [1.807, 2.05) is 90.7 Å². The highest BCUT2D eigenvalue weighted by Crippen LogP contribution is 2.27. The zero-order chi connectivity index (χ0) is 23.4. The largest absolute Gasteiger partial charge is 0.336 e. The van der Waals surface area contributed by atoms with Gasteiger partial charge in [0.2, 0.25) is 5.91 Å². The number of nitrogens with one attached hydrogen (secondary N) is 1. The number of aryl methyl sites for hydroxylation is 1. The summed E-state index contributed by atoms with van der Waals surface area (Å²) in [6.45, 7) is 2.50. The lowest BCUT2D eigenvalue weighted by atomic mass is 10.1. The summed E-state index contributed by atoms with van der Waals surface area (Å²) in [5.41, 5.74) is 3.59. The monoisotopic (exact) mass is 477 g/mol. The van der Waals surface area contributed by atoms with E-state index < -0.39 is 6.04 Å². The van der Waals surface area contributed by atoms with Gasteiger partial charge in [0, 0.05) is 17.3 Å². The van der Waals surface area contributed by atoms with Crippen LogP contribution in [0.5, 0.6) is 0 Å². The summed E-state index contributed by atoms with van der Waals surface area (Å²) in [7, 11) is 0. The molecule has 1 unspecified atom stereocenters. The van der Waals surface area contributed by atoms with Crippen LogP contribution in [0.2, 0.25) is 5.02 Å². The standard InChI is InChI=1S/C26H24ClN3O2S/c1-18-7-13-21(14-8-18)28-24(31)17-23-25(32)30(22-5-3-2-4-6-22)26(33)29(23)16-15-19-9-11-20(27)12-10-19/h2-14,23H,15-17H2,1H3,(H,28,31). The van der Waals surface area contributed by atoms with Crippen LogP contribution in [0.25, 0.3) is 0 Å². The highest BCUT2D eigenvalue weighted by atomic mass is 35.5. The van der Waals surface area contributed by atoms with E-state index >= 15 is 0 Å². The molecule has 3 aromatic rings. The molecule has 0 aliphatic carbocycles. The van der Waals surface area contributed by atoms with Gasteiger partial charge in [-0.1, -0.05) is 59.6 Å². The van der Waals surface area contributed by atoms with E-state index in [4.69, 9.17) is 23.8 Å². The molecule has 0 aromatic heterocycles. The molecule has 0 bridgehead atoms. The molecule has 0 spiro atoms. The van der Waals surface area contributed by atoms with Gasteiger partial charge in [-0.05, 0) is 67.5 Å². The zero-order valence-electron chi connectivity index (χ0n) is 18.2. The van der Waals surface area contributed by atoms with Gasteiger partial charge in [-0.15, -0.1) is 0 Å². The molecule has 33 heavy (non-hydrogen) atoms. The third-order valence-electron chi connectivity index (χ3n) is 5.60. The Hall–Kier alpha value is -3.22. The van der Waals surface area contributed by atoms with Gasteiger partial charge in [0.25, 0.3) is 5.91 Å². The Bertz CT molecular complexity index is 1150. The molecule has 1 fully saturated rings. The molecule has 5 nitrogen and oxygen atoms in total. The second kappa shape index (κ2) is 10.1. The summed E-state index contributed by atoms with van der Waals surface area (Å²) in [4.78, 5) is 29.6. The van der Waals surface area contributed by atoms with Crippen LogP contribution in [-0.2, 0) is 16.0 Å². The number of rotatable bonds is 7. The predicted octanol–water partition coefficient (Wildman–Crippen LogP) is 5.22. The molecule has 1 saturated heterocycles. The van der Waals surface area contributed by atoms with E-state index in [2.05, 4.69) is 5.32 Å². The molecule has 1 aliphatic rings. The maximum atomic E-state index is 13.4. The minimum absolute atomic E-state index is 0.0107. The first-order chi connectivity index (χ1) is 15.9. The molecule has 7 heteroatoms. The second-order valence-corrected chi connectivity index (χ2v) is 8.80. The lowest BCUT2D eigenvalue weighted by Crippen LogP contribution is -2.39. The summed E-state index contributed by atoms with van der Waals surface area (Å²) in [5.74, 6) is -0.423. The Kier molecular flexibility index (Phi) is 7.06. The number of hydrogen-bond acceptors (Lipinski definition) is 3. The number of benzene rings is 3. The normalized spacial score (nSPS) is 15.8. The number of thiocarbonyl (C=S) groups is 1. The van der Waals surface area contributed by atoms with Gasteiger partial charge in [0.1, 0.15) is 6.04 Å². The maximum absolute atomic E-state index is 13.4. The molecule has 4 rings (SSSR count). The van der Waals surface area contributed by atoms with Gasteiger partial charge >= 0.3 is 0 Å². The second-order valence-electron chi connectivity index (χ2n) is 8.00. The molecule has 1 aliphatic heterocycles. The summed E-state index contributed by atoms with van der Waals surface area (Å²) in [6, 6.07) is 23.8. The van der Waals surface area contributed by atoms with Gasteiger partial charge in [0.05, 0.1) is 12.1 Å². The van der Waals surface area contributed by atoms with Crippen molar-refractivity contribution in [3.8, 4) is 0 Å². The number of nitrogens with zero attached hydrogens (tertiary/aromatic N) is 2. The molecule has 1 heterocycles. The van der Waals surface area contributed by atoms with Crippen molar-refractivity contribution >= 4 is 52.1 Å². The topological polar surface area (TPSA) is 52.7 Å². The minimum Gasteiger partial charge on any atom is -0.336 e. The van der Waals surface area contributed by atoms with Crippen molar-refractivity contribution in [3.05, 3.63) is 95.0 Å². The number of carbonyl (C=O) groups is 2. The number of para-hydroxylation sites is 1. The highest BCUT2D eigenvalue weighted by Gasteiger charge is 2.43. The van der Waals surface area contributed by atoms with Crippen LogP contribution in [0.1, 0.15) is 17.5 Å². The van der Waals surface area contributed by atoms with Crippen molar-refractivity contribution in [2.75, 3.05) is 16.8 Å². The Morgan fingerprint density at radius 3 is 2.33 bits per heavy atom. The van der Waals surface area contributed by atoms with Crippen LogP contribution in [0.4, 0.5) is 11.4 Å². The Morgan fingerprint density at radius 2 is 1.67 bits per heavy atom. The molecular weight excluding hydrogens is 454 g/mol. The lowest BCUT2D eigenvalue weighted by molar-refractivity contribution is -0.124. The van der Waals surface area contributed by atoms with Crippen LogP contribution in [0, 0.1) is 6.92 Å². The zero-order valence-corrected chi connectivity index (χ0v) is 19.8. The summed E-state index contributed by atoms with van der Waals surface area (Å²) < 4.78 is 0. The predicted molar refractivity (Wildman–Crippen MR) is 137 cm³/mol. The van der Waals surface area contributed by atoms with Crippen molar-refractivity contribution in [2.24, 2.45) is 0 Å². The van der Waals surface area contributed by atoms with E-state index in [9.17, 15) is 9.59 Å². The van der Waals surface area contributed by atoms with Crippen molar-refractivity contribution in [1.29, 1.82) is 0 Å². The van der Waals surface area contributed by atoms with Crippen molar-refractivity contribution < 1.29 is 9.59 Å². The summed E-state index contributed by atoms with van der Waals surface area (Å²) in [6.07, 6.45) is 0.681. The Labute approximate surface area is 204 Å². The maximum Gasteiger partial charge on any atom is 0.256 e. The smallest absolute Gasteiger partial charge is 0.256 e. The minimum atomic E-state index is -0.671. The van der Waals surface area contributed by atoms with Crippen LogP contribution >= 0.6 is 23.8 Å². The van der Waals surface area contributed by atoms with Crippen molar-refractivity contribution in [3.63, 3.8) is 0 Å². The molecule has 3 aromatic carbocycles. The SMILES string of the molecule is Cc1ccc(NC(=O)CC2C(=O)N(c3ccccc3)C(=S)N2CCc2ccc(Cl)cc2)cc1. The van der Waals surface area contributed by atoms with Crippen molar-refractivity contribution in [1.82, 2.24) is 4.90 Å². The number of hydrogen-bond donors (Lipinski definition) is 1. The Balaban J connectivity index is 1.54. The van der Waals surface area contributed by atoms with Gasteiger partial charge in [-0.25, -0.2) is 0 Å². The quantitative estimate of drug-likeness (QED) is 0.474. The van der Waals surface area contributed by atoms with Crippen LogP contribution in [-0.4, -0.2) is 34.4 Å². The van der Waals surface area contributed by atoms with Crippen molar-refractivity contribution in [2.45, 2.75) is 25.8 Å². The van der Waals surface area contributed by atoms with Crippen LogP contribution < -0.4 is 10.2 Å². The molecular formula is C26H24ClN3O2S. The molecule has 1 N–H and O–H groups in total. The first kappa shape index (κ1) is 23.0. The molecule has 0 radical (unpaired) electrons. The summed E-state index contributed by atoms with van der Waals surface area (Å²) >= 11 is 11.7. The number of carbonyl (C=O) groups excluding carboxylic acids is 2. The van der Waals surface area contributed by atoms with Gasteiger partial charge in [-0.2, -0.15) is 0 Å². The third kappa shape index (κ3) is 5.41. The molecule has 168 valence electrons. The number of amides is 2. The number of halogens is 1. The third-order valence-corrected chi connectivity index (χ3v) is 6.27. The molecule has 1 atom stereocenters. The van der Waals surface area contributed by atoms with Crippen LogP contribution in [0.15, 0.2) is 78.9 Å². The fourth-order valence-corrected chi connectivity index (χ4v) is 4.37. The van der Waals surface area contributed by atoms with E-state index in [0.717, 1.165) is 11.1 Å². The summed E-state index contributed by atoms with van der Waals surface area (Å²) in [5, 5.41) is 3.98. The average Bonchev–Trinajstić information content (AvgIpc) is 3.04. The first-order valence-electron chi connectivity index (χ1n) is 10.7. The van der Waals surface area contributed by atoms with Crippen LogP contribution in [0.3, 0.4) is 0 Å². The van der Waals surface area contributed by atoms with E-state index in [-0.39, 0.29) is 18.2 Å². The molecule has 2 amide bonds. The van der Waals surface area contributed by atoms with Gasteiger partial charge in [0.15, 0.2) is 5.11 Å². The van der Waals surface area contributed by atoms with E-state index in [0.29, 0.717) is 34.5 Å².